The van der Waals surface area contributed by atoms with Gasteiger partial charge in [0.25, 0.3) is 5.56 Å². The molecule has 0 fully saturated rings. The Kier molecular flexibility index (Phi) is 3.44. The summed E-state index contributed by atoms with van der Waals surface area (Å²) < 4.78 is 2.67. The van der Waals surface area contributed by atoms with Crippen molar-refractivity contribution in [3.05, 3.63) is 45.9 Å². The molecule has 2 aromatic heterocycles. The maximum absolute atomic E-state index is 12.5. The highest BCUT2D eigenvalue weighted by atomic mass is 32.1. The van der Waals surface area contributed by atoms with E-state index in [0.717, 1.165) is 40.7 Å². The lowest BCUT2D eigenvalue weighted by Gasteiger charge is -1.93. The molecule has 0 aliphatic rings. The number of thiazole rings is 1. The van der Waals surface area contributed by atoms with Crippen LogP contribution in [0.5, 0.6) is 0 Å². The highest BCUT2D eigenvalue weighted by Gasteiger charge is 2.14. The van der Waals surface area contributed by atoms with Crippen LogP contribution in [0, 0.1) is 6.92 Å². The van der Waals surface area contributed by atoms with Gasteiger partial charge in [0.1, 0.15) is 0 Å². The van der Waals surface area contributed by atoms with E-state index < -0.39 is 0 Å². The average Bonchev–Trinajstić information content (AvgIpc) is 2.98. The summed E-state index contributed by atoms with van der Waals surface area (Å²) in [5.41, 5.74) is 2.80. The molecular weight excluding hydrogens is 270 g/mol. The first-order valence-corrected chi connectivity index (χ1v) is 7.68. The monoisotopic (exact) mass is 287 g/mol. The van der Waals surface area contributed by atoms with E-state index in [-0.39, 0.29) is 5.56 Å². The van der Waals surface area contributed by atoms with Crippen LogP contribution < -0.4 is 5.56 Å². The van der Waals surface area contributed by atoms with Crippen LogP contribution in [-0.4, -0.2) is 14.8 Å². The Bertz CT molecular complexity index is 764. The number of aromatic nitrogens is 3. The lowest BCUT2D eigenvalue weighted by atomic mass is 10.1. The van der Waals surface area contributed by atoms with Gasteiger partial charge in [0.15, 0.2) is 0 Å². The third kappa shape index (κ3) is 2.18. The molecule has 0 radical (unpaired) electrons. The molecule has 0 aliphatic heterocycles. The minimum Gasteiger partial charge on any atom is -0.293 e. The number of H-pyrrole nitrogens is 1. The number of hydrogen-bond acceptors (Lipinski definition) is 3. The Balaban J connectivity index is 2.08. The Morgan fingerprint density at radius 2 is 2.15 bits per heavy atom. The lowest BCUT2D eigenvalue weighted by molar-refractivity contribution is 0.785. The Labute approximate surface area is 121 Å². The van der Waals surface area contributed by atoms with Gasteiger partial charge in [-0.2, -0.15) is 4.68 Å². The van der Waals surface area contributed by atoms with Crippen LogP contribution in [0.4, 0.5) is 0 Å². The van der Waals surface area contributed by atoms with E-state index in [2.05, 4.69) is 17.0 Å². The van der Waals surface area contributed by atoms with Crippen molar-refractivity contribution in [1.29, 1.82) is 0 Å². The van der Waals surface area contributed by atoms with Crippen molar-refractivity contribution in [2.75, 3.05) is 0 Å². The van der Waals surface area contributed by atoms with Gasteiger partial charge in [-0.15, -0.1) is 0 Å². The number of unbranched alkanes of at least 4 members (excludes halogenated alkanes) is 1. The van der Waals surface area contributed by atoms with E-state index in [9.17, 15) is 4.79 Å². The molecule has 0 aliphatic carbocycles. The number of hydrogen-bond donors (Lipinski definition) is 1. The van der Waals surface area contributed by atoms with E-state index in [1.807, 2.05) is 31.2 Å². The van der Waals surface area contributed by atoms with Gasteiger partial charge in [-0.3, -0.25) is 9.89 Å². The first-order chi connectivity index (χ1) is 9.70. The molecule has 104 valence electrons. The second-order valence-corrected chi connectivity index (χ2v) is 5.93. The smallest absolute Gasteiger partial charge is 0.276 e. The molecule has 0 unspecified atom stereocenters. The minimum atomic E-state index is 0.0370. The average molecular weight is 287 g/mol. The number of nitrogens with one attached hydrogen (secondary N) is 1. The predicted octanol–water partition coefficient (Wildman–Crippen LogP) is 3.43. The van der Waals surface area contributed by atoms with Gasteiger partial charge in [0, 0.05) is 11.3 Å². The molecule has 3 aromatic rings. The number of nitrogens with zero attached hydrogens (tertiary/aromatic N) is 2. The molecule has 3 rings (SSSR count). The number of aromatic amines is 1. The van der Waals surface area contributed by atoms with Gasteiger partial charge in [0.2, 0.25) is 5.13 Å². The molecule has 2 heterocycles. The maximum Gasteiger partial charge on any atom is 0.276 e. The van der Waals surface area contributed by atoms with Gasteiger partial charge < -0.3 is 0 Å². The van der Waals surface area contributed by atoms with E-state index in [1.54, 1.807) is 4.68 Å². The van der Waals surface area contributed by atoms with Crippen LogP contribution in [0.1, 0.15) is 31.0 Å². The topological polar surface area (TPSA) is 50.7 Å². The summed E-state index contributed by atoms with van der Waals surface area (Å²) in [5.74, 6) is 0. The van der Waals surface area contributed by atoms with E-state index >= 15 is 0 Å². The molecule has 0 saturated carbocycles. The fourth-order valence-electron chi connectivity index (χ4n) is 2.32. The molecule has 0 bridgehead atoms. The quantitative estimate of drug-likeness (QED) is 0.799. The number of aryl methyl sites for hydroxylation is 1. The normalized spacial score (nSPS) is 11.3. The maximum atomic E-state index is 12.5. The van der Waals surface area contributed by atoms with Crippen LogP contribution in [-0.2, 0) is 6.42 Å². The second kappa shape index (κ2) is 5.25. The number of fused-ring (bicyclic) bond motifs is 1. The van der Waals surface area contributed by atoms with Gasteiger partial charge in [0.05, 0.1) is 10.2 Å². The first kappa shape index (κ1) is 13.1. The third-order valence-corrected chi connectivity index (χ3v) is 4.47. The van der Waals surface area contributed by atoms with Crippen molar-refractivity contribution in [2.45, 2.75) is 33.1 Å². The first-order valence-electron chi connectivity index (χ1n) is 6.87. The zero-order valence-electron chi connectivity index (χ0n) is 11.6. The lowest BCUT2D eigenvalue weighted by Crippen LogP contribution is -2.17. The van der Waals surface area contributed by atoms with Crippen molar-refractivity contribution in [3.63, 3.8) is 0 Å². The Morgan fingerprint density at radius 1 is 1.35 bits per heavy atom. The summed E-state index contributed by atoms with van der Waals surface area (Å²) >= 11 is 1.53. The Morgan fingerprint density at radius 3 is 2.90 bits per heavy atom. The fourth-order valence-corrected chi connectivity index (χ4v) is 3.25. The summed E-state index contributed by atoms with van der Waals surface area (Å²) in [6.07, 6.45) is 2.95. The van der Waals surface area contributed by atoms with Crippen LogP contribution in [0.3, 0.4) is 0 Å². The third-order valence-electron chi connectivity index (χ3n) is 3.45. The SMILES string of the molecule is CCCCc1c(C)[nH]n(-c2nc3ccccc3s2)c1=O. The van der Waals surface area contributed by atoms with Gasteiger partial charge in [-0.05, 0) is 31.9 Å². The zero-order chi connectivity index (χ0) is 14.1. The molecule has 1 aromatic carbocycles. The van der Waals surface area contributed by atoms with Crippen LogP contribution in [0.25, 0.3) is 15.3 Å². The minimum absolute atomic E-state index is 0.0370. The summed E-state index contributed by atoms with van der Waals surface area (Å²) in [7, 11) is 0. The fraction of sp³-hybridized carbons (Fsp3) is 0.333. The van der Waals surface area contributed by atoms with Crippen LogP contribution in [0.2, 0.25) is 0 Å². The molecule has 0 spiro atoms. The highest BCUT2D eigenvalue weighted by molar-refractivity contribution is 7.20. The van der Waals surface area contributed by atoms with Crippen molar-refractivity contribution in [1.82, 2.24) is 14.8 Å². The van der Waals surface area contributed by atoms with E-state index in [4.69, 9.17) is 0 Å². The molecule has 0 saturated heterocycles. The standard InChI is InChI=1S/C15H17N3OS/c1-3-4-7-11-10(2)17-18(14(11)19)15-16-12-8-5-6-9-13(12)20-15/h5-6,8-9,17H,3-4,7H2,1-2H3. The summed E-state index contributed by atoms with van der Waals surface area (Å²) in [6.45, 7) is 4.09. The second-order valence-electron chi connectivity index (χ2n) is 4.92. The van der Waals surface area contributed by atoms with E-state index in [0.29, 0.717) is 5.13 Å². The summed E-state index contributed by atoms with van der Waals surface area (Å²) in [6, 6.07) is 7.93. The van der Waals surface area contributed by atoms with Gasteiger partial charge in [-0.1, -0.05) is 36.8 Å². The summed E-state index contributed by atoms with van der Waals surface area (Å²) in [5, 5.41) is 3.86. The summed E-state index contributed by atoms with van der Waals surface area (Å²) in [4.78, 5) is 17.0. The largest absolute Gasteiger partial charge is 0.293 e. The van der Waals surface area contributed by atoms with Gasteiger partial charge in [-0.25, -0.2) is 4.98 Å². The van der Waals surface area contributed by atoms with Crippen molar-refractivity contribution in [2.24, 2.45) is 0 Å². The molecule has 20 heavy (non-hydrogen) atoms. The Hall–Kier alpha value is -1.88. The van der Waals surface area contributed by atoms with Crippen LogP contribution >= 0.6 is 11.3 Å². The van der Waals surface area contributed by atoms with E-state index in [1.165, 1.54) is 11.3 Å². The molecule has 5 heteroatoms. The van der Waals surface area contributed by atoms with Crippen molar-refractivity contribution < 1.29 is 0 Å². The van der Waals surface area contributed by atoms with Gasteiger partial charge >= 0.3 is 0 Å². The molecule has 4 nitrogen and oxygen atoms in total. The predicted molar refractivity (Wildman–Crippen MR) is 82.9 cm³/mol. The number of benzene rings is 1. The van der Waals surface area contributed by atoms with Crippen molar-refractivity contribution in [3.8, 4) is 5.13 Å². The molecule has 1 N–H and O–H groups in total. The number of rotatable bonds is 4. The molecule has 0 amide bonds. The van der Waals surface area contributed by atoms with Crippen LogP contribution in [0.15, 0.2) is 29.1 Å². The molecular formula is C15H17N3OS. The molecule has 0 atom stereocenters. The number of para-hydroxylation sites is 1. The zero-order valence-corrected chi connectivity index (χ0v) is 12.5. The van der Waals surface area contributed by atoms with Crippen molar-refractivity contribution >= 4 is 21.6 Å². The highest BCUT2D eigenvalue weighted by Crippen LogP contribution is 2.23.